The Morgan fingerprint density at radius 1 is 1.47 bits per heavy atom. The maximum Gasteiger partial charge on any atom is 0.308 e. The molecule has 3 nitrogen and oxygen atoms in total. The third-order valence-corrected chi connectivity index (χ3v) is 3.06. The number of hydrogen-bond donors (Lipinski definition) is 2. The summed E-state index contributed by atoms with van der Waals surface area (Å²) in [6.07, 6.45) is 0.717. The van der Waals surface area contributed by atoms with Crippen molar-refractivity contribution >= 4 is 5.97 Å². The van der Waals surface area contributed by atoms with Gasteiger partial charge >= 0.3 is 5.97 Å². The Morgan fingerprint density at radius 3 is 2.87 bits per heavy atom. The maximum atomic E-state index is 11.1. The SMILES string of the molecule is Cc1ccccc1C1NCCC1C(=O)O. The van der Waals surface area contributed by atoms with Crippen LogP contribution >= 0.6 is 0 Å². The molecular weight excluding hydrogens is 190 g/mol. The van der Waals surface area contributed by atoms with E-state index >= 15 is 0 Å². The van der Waals surface area contributed by atoms with Crippen LogP contribution in [0.15, 0.2) is 24.3 Å². The van der Waals surface area contributed by atoms with Crippen LogP contribution in [0.1, 0.15) is 23.6 Å². The molecule has 1 aromatic rings. The fourth-order valence-electron chi connectivity index (χ4n) is 2.23. The van der Waals surface area contributed by atoms with Crippen molar-refractivity contribution in [3.8, 4) is 0 Å². The van der Waals surface area contributed by atoms with Crippen LogP contribution in [-0.4, -0.2) is 17.6 Å². The fraction of sp³-hybridized carbons (Fsp3) is 0.417. The van der Waals surface area contributed by atoms with Crippen molar-refractivity contribution in [1.82, 2.24) is 5.32 Å². The van der Waals surface area contributed by atoms with Crippen LogP contribution in [0, 0.1) is 12.8 Å². The number of carboxylic acid groups (broad SMARTS) is 1. The number of aliphatic carboxylic acids is 1. The van der Waals surface area contributed by atoms with E-state index in [9.17, 15) is 4.79 Å². The van der Waals surface area contributed by atoms with Gasteiger partial charge in [0, 0.05) is 6.04 Å². The van der Waals surface area contributed by atoms with Gasteiger partial charge in [-0.1, -0.05) is 24.3 Å². The van der Waals surface area contributed by atoms with Gasteiger partial charge < -0.3 is 10.4 Å². The summed E-state index contributed by atoms with van der Waals surface area (Å²) >= 11 is 0. The van der Waals surface area contributed by atoms with Gasteiger partial charge in [0.05, 0.1) is 5.92 Å². The van der Waals surface area contributed by atoms with Gasteiger partial charge in [0.25, 0.3) is 0 Å². The van der Waals surface area contributed by atoms with E-state index in [0.29, 0.717) is 6.42 Å². The summed E-state index contributed by atoms with van der Waals surface area (Å²) in [4.78, 5) is 11.1. The van der Waals surface area contributed by atoms with E-state index in [1.54, 1.807) is 0 Å². The van der Waals surface area contributed by atoms with E-state index in [2.05, 4.69) is 5.32 Å². The summed E-state index contributed by atoms with van der Waals surface area (Å²) in [6, 6.07) is 7.94. The Bertz CT molecular complexity index is 376. The van der Waals surface area contributed by atoms with Gasteiger partial charge in [-0.05, 0) is 31.0 Å². The fourth-order valence-corrected chi connectivity index (χ4v) is 2.23. The largest absolute Gasteiger partial charge is 0.481 e. The van der Waals surface area contributed by atoms with Gasteiger partial charge in [0.2, 0.25) is 0 Å². The van der Waals surface area contributed by atoms with Crippen molar-refractivity contribution in [3.05, 3.63) is 35.4 Å². The summed E-state index contributed by atoms with van der Waals surface area (Å²) in [5.74, 6) is -0.987. The first-order valence-electron chi connectivity index (χ1n) is 5.22. The zero-order valence-electron chi connectivity index (χ0n) is 8.73. The van der Waals surface area contributed by atoms with Gasteiger partial charge in [-0.3, -0.25) is 4.79 Å². The topological polar surface area (TPSA) is 49.3 Å². The van der Waals surface area contributed by atoms with Gasteiger partial charge in [-0.25, -0.2) is 0 Å². The molecule has 1 aliphatic heterocycles. The molecule has 2 atom stereocenters. The minimum Gasteiger partial charge on any atom is -0.481 e. The zero-order chi connectivity index (χ0) is 10.8. The highest BCUT2D eigenvalue weighted by atomic mass is 16.4. The molecule has 1 saturated heterocycles. The maximum absolute atomic E-state index is 11.1. The number of aryl methyl sites for hydroxylation is 1. The standard InChI is InChI=1S/C12H15NO2/c1-8-4-2-3-5-9(8)11-10(12(14)15)6-7-13-11/h2-5,10-11,13H,6-7H2,1H3,(H,14,15). The zero-order valence-corrected chi connectivity index (χ0v) is 8.73. The normalized spacial score (nSPS) is 25.4. The van der Waals surface area contributed by atoms with E-state index in [-0.39, 0.29) is 12.0 Å². The lowest BCUT2D eigenvalue weighted by atomic mass is 9.92. The molecule has 2 unspecified atom stereocenters. The molecule has 1 aliphatic rings. The minimum atomic E-state index is -0.701. The lowest BCUT2D eigenvalue weighted by Gasteiger charge is -2.18. The van der Waals surface area contributed by atoms with Gasteiger partial charge in [0.1, 0.15) is 0 Å². The molecular formula is C12H15NO2. The molecule has 0 saturated carbocycles. The van der Waals surface area contributed by atoms with E-state index in [1.165, 1.54) is 0 Å². The first-order chi connectivity index (χ1) is 7.20. The molecule has 1 heterocycles. The smallest absolute Gasteiger partial charge is 0.308 e. The number of hydrogen-bond acceptors (Lipinski definition) is 2. The highest BCUT2D eigenvalue weighted by Crippen LogP contribution is 2.31. The van der Waals surface area contributed by atoms with Crippen LogP contribution in [0.4, 0.5) is 0 Å². The molecule has 0 spiro atoms. The molecule has 0 aromatic heterocycles. The predicted octanol–water partition coefficient (Wildman–Crippen LogP) is 1.73. The van der Waals surface area contributed by atoms with Gasteiger partial charge in [0.15, 0.2) is 0 Å². The van der Waals surface area contributed by atoms with Crippen molar-refractivity contribution in [2.45, 2.75) is 19.4 Å². The Hall–Kier alpha value is -1.35. The van der Waals surface area contributed by atoms with Crippen LogP contribution in [-0.2, 0) is 4.79 Å². The molecule has 0 bridgehead atoms. The second-order valence-electron chi connectivity index (χ2n) is 4.02. The highest BCUT2D eigenvalue weighted by Gasteiger charge is 2.34. The third kappa shape index (κ3) is 1.88. The average molecular weight is 205 g/mol. The second kappa shape index (κ2) is 4.03. The van der Waals surface area contributed by atoms with Crippen molar-refractivity contribution < 1.29 is 9.90 Å². The molecule has 1 aromatic carbocycles. The summed E-state index contributed by atoms with van der Waals surface area (Å²) in [7, 11) is 0. The van der Waals surface area contributed by atoms with E-state index in [4.69, 9.17) is 5.11 Å². The lowest BCUT2D eigenvalue weighted by molar-refractivity contribution is -0.142. The van der Waals surface area contributed by atoms with E-state index < -0.39 is 5.97 Å². The number of carboxylic acids is 1. The van der Waals surface area contributed by atoms with Gasteiger partial charge in [-0.15, -0.1) is 0 Å². The predicted molar refractivity (Wildman–Crippen MR) is 57.7 cm³/mol. The Balaban J connectivity index is 2.30. The first kappa shape index (κ1) is 10.2. The van der Waals surface area contributed by atoms with E-state index in [0.717, 1.165) is 17.7 Å². The molecule has 3 heteroatoms. The number of nitrogens with one attached hydrogen (secondary N) is 1. The van der Waals surface area contributed by atoms with Crippen LogP contribution < -0.4 is 5.32 Å². The second-order valence-corrected chi connectivity index (χ2v) is 4.02. The van der Waals surface area contributed by atoms with Crippen LogP contribution in [0.5, 0.6) is 0 Å². The summed E-state index contributed by atoms with van der Waals surface area (Å²) < 4.78 is 0. The lowest BCUT2D eigenvalue weighted by Crippen LogP contribution is -2.23. The Kier molecular flexibility index (Phi) is 2.73. The first-order valence-corrected chi connectivity index (χ1v) is 5.22. The summed E-state index contributed by atoms with van der Waals surface area (Å²) in [5.41, 5.74) is 2.27. The van der Waals surface area contributed by atoms with Crippen LogP contribution in [0.3, 0.4) is 0 Å². The molecule has 1 fully saturated rings. The average Bonchev–Trinajstić information content (AvgIpc) is 2.67. The molecule has 15 heavy (non-hydrogen) atoms. The van der Waals surface area contributed by atoms with Crippen molar-refractivity contribution in [3.63, 3.8) is 0 Å². The van der Waals surface area contributed by atoms with Crippen LogP contribution in [0.2, 0.25) is 0 Å². The monoisotopic (exact) mass is 205 g/mol. The summed E-state index contributed by atoms with van der Waals surface area (Å²) in [5, 5.41) is 12.4. The number of carbonyl (C=O) groups is 1. The third-order valence-electron chi connectivity index (χ3n) is 3.06. The summed E-state index contributed by atoms with van der Waals surface area (Å²) in [6.45, 7) is 2.81. The minimum absolute atomic E-state index is 0.0244. The quantitative estimate of drug-likeness (QED) is 0.773. The van der Waals surface area contributed by atoms with E-state index in [1.807, 2.05) is 31.2 Å². The molecule has 0 amide bonds. The molecule has 2 rings (SSSR count). The molecule has 80 valence electrons. The molecule has 0 aliphatic carbocycles. The van der Waals surface area contributed by atoms with Crippen molar-refractivity contribution in [1.29, 1.82) is 0 Å². The molecule has 0 radical (unpaired) electrons. The highest BCUT2D eigenvalue weighted by molar-refractivity contribution is 5.72. The van der Waals surface area contributed by atoms with Crippen molar-refractivity contribution in [2.75, 3.05) is 6.54 Å². The van der Waals surface area contributed by atoms with Gasteiger partial charge in [-0.2, -0.15) is 0 Å². The Morgan fingerprint density at radius 2 is 2.20 bits per heavy atom. The molecule has 2 N–H and O–H groups in total. The number of benzene rings is 1. The number of rotatable bonds is 2. The van der Waals surface area contributed by atoms with Crippen LogP contribution in [0.25, 0.3) is 0 Å². The Labute approximate surface area is 89.1 Å². The van der Waals surface area contributed by atoms with Crippen molar-refractivity contribution in [2.24, 2.45) is 5.92 Å².